The van der Waals surface area contributed by atoms with Crippen LogP contribution in [0.4, 0.5) is 0 Å². The lowest BCUT2D eigenvalue weighted by Crippen LogP contribution is -2.42. The highest BCUT2D eigenvalue weighted by atomic mass is 35.5. The second kappa shape index (κ2) is 7.91. The topological polar surface area (TPSA) is 32.3 Å². The van der Waals surface area contributed by atoms with Crippen LogP contribution in [0.3, 0.4) is 0 Å². The van der Waals surface area contributed by atoms with Gasteiger partial charge in [-0.05, 0) is 38.8 Å². The molecule has 1 aliphatic rings. The summed E-state index contributed by atoms with van der Waals surface area (Å²) in [5, 5.41) is 2.75. The molecule has 4 heteroatoms. The number of amides is 1. The summed E-state index contributed by atoms with van der Waals surface area (Å²) in [6.07, 6.45) is 5.69. The first-order chi connectivity index (χ1) is 7.77. The van der Waals surface area contributed by atoms with E-state index in [0.29, 0.717) is 0 Å². The summed E-state index contributed by atoms with van der Waals surface area (Å²) in [7, 11) is 1.72. The molecule has 0 bridgehead atoms. The Balaban J connectivity index is 2.20. The lowest BCUT2D eigenvalue weighted by atomic mass is 9.97. The Morgan fingerprint density at radius 1 is 1.44 bits per heavy atom. The summed E-state index contributed by atoms with van der Waals surface area (Å²) in [5.41, 5.74) is 0. The maximum atomic E-state index is 11.5. The minimum absolute atomic E-state index is 0.199. The largest absolute Gasteiger partial charge is 0.359 e. The Morgan fingerprint density at radius 3 is 2.94 bits per heavy atom. The average molecular weight is 247 g/mol. The smallest absolute Gasteiger partial charge is 0.224 e. The number of rotatable bonds is 6. The van der Waals surface area contributed by atoms with Crippen molar-refractivity contribution in [3.8, 4) is 0 Å². The third-order valence-corrected chi connectivity index (χ3v) is 3.50. The zero-order valence-electron chi connectivity index (χ0n) is 10.2. The van der Waals surface area contributed by atoms with Gasteiger partial charge in [0.15, 0.2) is 0 Å². The van der Waals surface area contributed by atoms with Crippen LogP contribution in [-0.2, 0) is 4.79 Å². The first-order valence-electron chi connectivity index (χ1n) is 6.28. The first kappa shape index (κ1) is 13.8. The zero-order valence-corrected chi connectivity index (χ0v) is 10.9. The Bertz CT molecular complexity index is 211. The minimum atomic E-state index is 0.199. The van der Waals surface area contributed by atoms with Crippen molar-refractivity contribution in [2.45, 2.75) is 32.1 Å². The van der Waals surface area contributed by atoms with Gasteiger partial charge in [-0.25, -0.2) is 0 Å². The molecule has 0 spiro atoms. The van der Waals surface area contributed by atoms with Crippen molar-refractivity contribution in [2.75, 3.05) is 32.6 Å². The normalized spacial score (nSPS) is 22.0. The number of nitrogens with zero attached hydrogens (tertiary/aromatic N) is 1. The summed E-state index contributed by atoms with van der Waals surface area (Å²) in [5.74, 6) is 1.16. The van der Waals surface area contributed by atoms with Crippen molar-refractivity contribution in [1.82, 2.24) is 10.2 Å². The number of likely N-dealkylation sites (tertiary alicyclic amines) is 1. The van der Waals surface area contributed by atoms with E-state index in [9.17, 15) is 4.79 Å². The molecule has 1 heterocycles. The van der Waals surface area contributed by atoms with E-state index in [2.05, 4.69) is 10.2 Å². The molecule has 0 radical (unpaired) electrons. The molecule has 0 saturated carbocycles. The fourth-order valence-electron chi connectivity index (χ4n) is 2.28. The number of hydrogen-bond acceptors (Lipinski definition) is 2. The number of nitrogens with one attached hydrogen (secondary N) is 1. The van der Waals surface area contributed by atoms with Gasteiger partial charge in [0.25, 0.3) is 0 Å². The number of halogens is 1. The molecule has 1 fully saturated rings. The van der Waals surface area contributed by atoms with Crippen molar-refractivity contribution in [2.24, 2.45) is 5.92 Å². The van der Waals surface area contributed by atoms with Gasteiger partial charge >= 0.3 is 0 Å². The van der Waals surface area contributed by atoms with E-state index in [0.717, 1.165) is 44.8 Å². The van der Waals surface area contributed by atoms with E-state index in [1.807, 2.05) is 0 Å². The maximum Gasteiger partial charge on any atom is 0.224 e. The molecule has 94 valence electrons. The predicted molar refractivity (Wildman–Crippen MR) is 67.8 cm³/mol. The van der Waals surface area contributed by atoms with Crippen LogP contribution in [0.1, 0.15) is 32.1 Å². The van der Waals surface area contributed by atoms with Crippen LogP contribution in [0.15, 0.2) is 0 Å². The number of unbranched alkanes of at least 4 members (excludes halogenated alkanes) is 2. The Labute approximate surface area is 104 Å². The van der Waals surface area contributed by atoms with Crippen LogP contribution in [-0.4, -0.2) is 43.4 Å². The van der Waals surface area contributed by atoms with E-state index >= 15 is 0 Å². The van der Waals surface area contributed by atoms with E-state index in [1.165, 1.54) is 12.8 Å². The maximum absolute atomic E-state index is 11.5. The molecule has 0 aromatic carbocycles. The summed E-state index contributed by atoms with van der Waals surface area (Å²) in [6.45, 7) is 3.19. The van der Waals surface area contributed by atoms with Gasteiger partial charge in [0, 0.05) is 19.5 Å². The molecule has 1 atom stereocenters. The number of carbonyl (C=O) groups is 1. The molecule has 1 aliphatic heterocycles. The molecule has 1 rings (SSSR count). The molecular formula is C12H23ClN2O. The van der Waals surface area contributed by atoms with E-state index in [4.69, 9.17) is 11.6 Å². The van der Waals surface area contributed by atoms with E-state index in [-0.39, 0.29) is 11.8 Å². The van der Waals surface area contributed by atoms with Crippen LogP contribution >= 0.6 is 11.6 Å². The quantitative estimate of drug-likeness (QED) is 0.573. The highest BCUT2D eigenvalue weighted by molar-refractivity contribution is 6.17. The van der Waals surface area contributed by atoms with Gasteiger partial charge in [0.05, 0.1) is 5.92 Å². The fraction of sp³-hybridized carbons (Fsp3) is 0.917. The van der Waals surface area contributed by atoms with Crippen molar-refractivity contribution in [3.63, 3.8) is 0 Å². The third-order valence-electron chi connectivity index (χ3n) is 3.23. The predicted octanol–water partition coefficient (Wildman–Crippen LogP) is 1.85. The van der Waals surface area contributed by atoms with Crippen LogP contribution < -0.4 is 5.32 Å². The lowest BCUT2D eigenvalue weighted by molar-refractivity contribution is -0.126. The van der Waals surface area contributed by atoms with Gasteiger partial charge in [-0.1, -0.05) is 6.42 Å². The second-order valence-electron chi connectivity index (χ2n) is 4.50. The van der Waals surface area contributed by atoms with Gasteiger partial charge < -0.3 is 10.2 Å². The molecular weight excluding hydrogens is 224 g/mol. The van der Waals surface area contributed by atoms with Gasteiger partial charge in [-0.15, -0.1) is 11.6 Å². The molecule has 0 aromatic heterocycles. The van der Waals surface area contributed by atoms with Crippen molar-refractivity contribution in [3.05, 3.63) is 0 Å². The monoisotopic (exact) mass is 246 g/mol. The molecule has 1 N–H and O–H groups in total. The molecule has 1 amide bonds. The molecule has 0 aliphatic carbocycles. The van der Waals surface area contributed by atoms with Crippen LogP contribution in [0.2, 0.25) is 0 Å². The average Bonchev–Trinajstić information content (AvgIpc) is 2.34. The molecule has 3 nitrogen and oxygen atoms in total. The van der Waals surface area contributed by atoms with Crippen LogP contribution in [0.25, 0.3) is 0 Å². The minimum Gasteiger partial charge on any atom is -0.359 e. The summed E-state index contributed by atoms with van der Waals surface area (Å²) in [6, 6.07) is 0. The van der Waals surface area contributed by atoms with E-state index in [1.54, 1.807) is 7.05 Å². The first-order valence-corrected chi connectivity index (χ1v) is 6.81. The molecule has 1 unspecified atom stereocenters. The summed E-state index contributed by atoms with van der Waals surface area (Å²) >= 11 is 5.64. The number of hydrogen-bond donors (Lipinski definition) is 1. The van der Waals surface area contributed by atoms with Gasteiger partial charge in [-0.3, -0.25) is 4.79 Å². The van der Waals surface area contributed by atoms with Gasteiger partial charge in [0.2, 0.25) is 5.91 Å². The fourth-order valence-corrected chi connectivity index (χ4v) is 2.47. The molecule has 0 aromatic rings. The van der Waals surface area contributed by atoms with Gasteiger partial charge in [0.1, 0.15) is 0 Å². The number of alkyl halides is 1. The third kappa shape index (κ3) is 4.71. The highest BCUT2D eigenvalue weighted by Crippen LogP contribution is 2.17. The Morgan fingerprint density at radius 2 is 2.25 bits per heavy atom. The summed E-state index contributed by atoms with van der Waals surface area (Å²) < 4.78 is 0. The van der Waals surface area contributed by atoms with E-state index < -0.39 is 0 Å². The number of piperidine rings is 1. The van der Waals surface area contributed by atoms with Crippen LogP contribution in [0, 0.1) is 5.92 Å². The zero-order chi connectivity index (χ0) is 11.8. The summed E-state index contributed by atoms with van der Waals surface area (Å²) in [4.78, 5) is 13.9. The molecule has 1 saturated heterocycles. The highest BCUT2D eigenvalue weighted by Gasteiger charge is 2.24. The Kier molecular flexibility index (Phi) is 6.81. The second-order valence-corrected chi connectivity index (χ2v) is 4.88. The van der Waals surface area contributed by atoms with Crippen molar-refractivity contribution < 1.29 is 4.79 Å². The van der Waals surface area contributed by atoms with Gasteiger partial charge in [-0.2, -0.15) is 0 Å². The van der Waals surface area contributed by atoms with Crippen molar-refractivity contribution >= 4 is 17.5 Å². The van der Waals surface area contributed by atoms with Crippen molar-refractivity contribution in [1.29, 1.82) is 0 Å². The SMILES string of the molecule is CNC(=O)C1CCCN(CCCCCCl)C1. The Hall–Kier alpha value is -0.280. The molecule has 16 heavy (non-hydrogen) atoms. The lowest BCUT2D eigenvalue weighted by Gasteiger charge is -2.31. The number of carbonyl (C=O) groups excluding carboxylic acids is 1. The standard InChI is InChI=1S/C12H23ClN2O/c1-14-12(16)11-6-5-9-15(10-11)8-4-2-3-7-13/h11H,2-10H2,1H3,(H,14,16). The van der Waals surface area contributed by atoms with Crippen LogP contribution in [0.5, 0.6) is 0 Å².